The third kappa shape index (κ3) is 6.91. The first-order chi connectivity index (χ1) is 15.9. The lowest BCUT2D eigenvalue weighted by Gasteiger charge is -2.12. The fourth-order valence-electron chi connectivity index (χ4n) is 2.91. The first-order valence-electron chi connectivity index (χ1n) is 9.92. The van der Waals surface area contributed by atoms with E-state index in [0.29, 0.717) is 34.9 Å². The number of nitrogens with one attached hydrogen (secondary N) is 1. The summed E-state index contributed by atoms with van der Waals surface area (Å²) in [6.07, 6.45) is 1.52. The van der Waals surface area contributed by atoms with Gasteiger partial charge in [0.25, 0.3) is 5.91 Å². The normalized spacial score (nSPS) is 10.9. The van der Waals surface area contributed by atoms with Gasteiger partial charge in [-0.25, -0.2) is 4.39 Å². The zero-order valence-electron chi connectivity index (χ0n) is 17.6. The van der Waals surface area contributed by atoms with Gasteiger partial charge in [0.1, 0.15) is 35.6 Å². The number of carbonyl (C=O) groups is 1. The number of benzene rings is 3. The molecule has 0 aromatic heterocycles. The van der Waals surface area contributed by atoms with Crippen LogP contribution < -0.4 is 14.8 Å². The van der Waals surface area contributed by atoms with Gasteiger partial charge >= 0.3 is 0 Å². The summed E-state index contributed by atoms with van der Waals surface area (Å²) in [6, 6.07) is 19.0. The molecule has 0 heterocycles. The maximum absolute atomic E-state index is 13.9. The Morgan fingerprint density at radius 3 is 2.48 bits per heavy atom. The first kappa shape index (κ1) is 25.0. The van der Waals surface area contributed by atoms with Crippen LogP contribution >= 0.6 is 45.2 Å². The number of anilines is 1. The summed E-state index contributed by atoms with van der Waals surface area (Å²) < 4.78 is 26.7. The number of ether oxygens (including phenoxy) is 2. The van der Waals surface area contributed by atoms with E-state index in [-0.39, 0.29) is 18.0 Å². The summed E-state index contributed by atoms with van der Waals surface area (Å²) in [7, 11) is 0. The van der Waals surface area contributed by atoms with E-state index in [1.165, 1.54) is 12.1 Å². The Labute approximate surface area is 218 Å². The molecule has 0 radical (unpaired) electrons. The number of rotatable bonds is 8. The summed E-state index contributed by atoms with van der Waals surface area (Å²) in [5.41, 5.74) is 1.64. The van der Waals surface area contributed by atoms with Gasteiger partial charge in [-0.05, 0) is 94.1 Å². The van der Waals surface area contributed by atoms with E-state index in [0.717, 1.165) is 7.14 Å². The van der Waals surface area contributed by atoms with Crippen LogP contribution in [0.3, 0.4) is 0 Å². The zero-order chi connectivity index (χ0) is 23.8. The molecular formula is C25H19FI2N2O3. The molecule has 1 amide bonds. The van der Waals surface area contributed by atoms with E-state index in [2.05, 4.69) is 50.5 Å². The van der Waals surface area contributed by atoms with E-state index < -0.39 is 5.91 Å². The number of amides is 1. The molecule has 0 bridgehead atoms. The van der Waals surface area contributed by atoms with Crippen LogP contribution in [0.2, 0.25) is 0 Å². The van der Waals surface area contributed by atoms with Crippen LogP contribution in [0.15, 0.2) is 66.2 Å². The van der Waals surface area contributed by atoms with Gasteiger partial charge in [0.2, 0.25) is 0 Å². The van der Waals surface area contributed by atoms with Crippen LogP contribution in [0.25, 0.3) is 6.08 Å². The van der Waals surface area contributed by atoms with Crippen molar-refractivity contribution in [3.63, 3.8) is 0 Å². The van der Waals surface area contributed by atoms with Crippen molar-refractivity contribution in [1.82, 2.24) is 0 Å². The van der Waals surface area contributed by atoms with E-state index in [1.54, 1.807) is 54.6 Å². The number of nitrogens with zero attached hydrogens (tertiary/aromatic N) is 1. The lowest BCUT2D eigenvalue weighted by molar-refractivity contribution is -0.112. The van der Waals surface area contributed by atoms with Crippen LogP contribution in [0, 0.1) is 24.3 Å². The molecule has 3 aromatic rings. The van der Waals surface area contributed by atoms with Gasteiger partial charge in [0, 0.05) is 17.3 Å². The predicted octanol–water partition coefficient (Wildman–Crippen LogP) is 6.56. The summed E-state index contributed by atoms with van der Waals surface area (Å²) in [5.74, 6) is 0.412. The monoisotopic (exact) mass is 668 g/mol. The molecule has 33 heavy (non-hydrogen) atoms. The highest BCUT2D eigenvalue weighted by Gasteiger charge is 2.13. The maximum atomic E-state index is 13.9. The average molecular weight is 668 g/mol. The van der Waals surface area contributed by atoms with Crippen molar-refractivity contribution in [2.24, 2.45) is 0 Å². The van der Waals surface area contributed by atoms with E-state index in [4.69, 9.17) is 9.47 Å². The fourth-order valence-corrected chi connectivity index (χ4v) is 5.04. The maximum Gasteiger partial charge on any atom is 0.266 e. The molecule has 0 aliphatic heterocycles. The van der Waals surface area contributed by atoms with Crippen molar-refractivity contribution in [2.75, 3.05) is 11.9 Å². The molecule has 168 valence electrons. The number of nitriles is 1. The molecule has 0 atom stereocenters. The Kier molecular flexibility index (Phi) is 9.08. The van der Waals surface area contributed by atoms with Crippen LogP contribution in [0.4, 0.5) is 10.1 Å². The fraction of sp³-hybridized carbons (Fsp3) is 0.120. The van der Waals surface area contributed by atoms with Crippen molar-refractivity contribution >= 4 is 62.9 Å². The Balaban J connectivity index is 1.76. The molecule has 3 rings (SSSR count). The Morgan fingerprint density at radius 2 is 1.82 bits per heavy atom. The third-order valence-electron chi connectivity index (χ3n) is 4.43. The second kappa shape index (κ2) is 12.0. The van der Waals surface area contributed by atoms with Gasteiger partial charge in [-0.2, -0.15) is 5.26 Å². The number of hydrogen-bond donors (Lipinski definition) is 1. The van der Waals surface area contributed by atoms with Crippen molar-refractivity contribution in [2.45, 2.75) is 13.5 Å². The van der Waals surface area contributed by atoms with Crippen LogP contribution in [-0.4, -0.2) is 12.5 Å². The summed E-state index contributed by atoms with van der Waals surface area (Å²) in [6.45, 7) is 2.49. The Morgan fingerprint density at radius 1 is 1.09 bits per heavy atom. The second-order valence-electron chi connectivity index (χ2n) is 6.78. The molecule has 1 N–H and O–H groups in total. The molecule has 3 aromatic carbocycles. The lowest BCUT2D eigenvalue weighted by atomic mass is 10.1. The highest BCUT2D eigenvalue weighted by atomic mass is 127. The van der Waals surface area contributed by atoms with E-state index >= 15 is 0 Å². The summed E-state index contributed by atoms with van der Waals surface area (Å²) in [5, 5.41) is 12.3. The van der Waals surface area contributed by atoms with E-state index in [1.807, 2.05) is 13.0 Å². The number of halogens is 3. The molecule has 0 fully saturated rings. The van der Waals surface area contributed by atoms with E-state index in [9.17, 15) is 14.4 Å². The topological polar surface area (TPSA) is 71.3 Å². The minimum Gasteiger partial charge on any atom is -0.494 e. The molecule has 0 aliphatic carbocycles. The van der Waals surface area contributed by atoms with Gasteiger partial charge in [-0.3, -0.25) is 4.79 Å². The van der Waals surface area contributed by atoms with Crippen molar-refractivity contribution in [3.8, 4) is 17.6 Å². The minimum absolute atomic E-state index is 0.0385. The molecule has 0 unspecified atom stereocenters. The van der Waals surface area contributed by atoms with Crippen LogP contribution in [0.5, 0.6) is 11.5 Å². The highest BCUT2D eigenvalue weighted by molar-refractivity contribution is 14.1. The van der Waals surface area contributed by atoms with Gasteiger partial charge in [0.05, 0.1) is 13.7 Å². The molecule has 0 spiro atoms. The smallest absolute Gasteiger partial charge is 0.266 e. The Bertz CT molecular complexity index is 1220. The number of carbonyl (C=O) groups excluding carboxylic acids is 1. The van der Waals surface area contributed by atoms with Gasteiger partial charge < -0.3 is 14.8 Å². The van der Waals surface area contributed by atoms with Gasteiger partial charge in [-0.15, -0.1) is 0 Å². The molecule has 0 aliphatic rings. The molecule has 5 nitrogen and oxygen atoms in total. The van der Waals surface area contributed by atoms with Crippen molar-refractivity contribution in [1.29, 1.82) is 5.26 Å². The molecule has 8 heteroatoms. The number of hydrogen-bond acceptors (Lipinski definition) is 4. The molecular weight excluding hydrogens is 649 g/mol. The summed E-state index contributed by atoms with van der Waals surface area (Å²) in [4.78, 5) is 12.6. The standard InChI is InChI=1S/C25H19FI2N2O3/c1-2-32-20-8-5-7-19(13-20)30-25(31)18(14-29)10-16-11-22(27)24(23(28)12-16)33-15-17-6-3-4-9-21(17)26/h3-13H,2,15H2,1H3,(H,30,31)/b18-10-. The zero-order valence-corrected chi connectivity index (χ0v) is 21.9. The predicted molar refractivity (Wildman–Crippen MR) is 142 cm³/mol. The van der Waals surface area contributed by atoms with Gasteiger partial charge in [0.15, 0.2) is 0 Å². The van der Waals surface area contributed by atoms with Crippen molar-refractivity contribution in [3.05, 3.63) is 90.3 Å². The molecule has 0 saturated carbocycles. The average Bonchev–Trinajstić information content (AvgIpc) is 2.78. The SMILES string of the molecule is CCOc1cccc(NC(=O)/C(C#N)=C\c2cc(I)c(OCc3ccccc3F)c(I)c2)c1. The molecule has 0 saturated heterocycles. The quantitative estimate of drug-likeness (QED) is 0.168. The third-order valence-corrected chi connectivity index (χ3v) is 6.03. The van der Waals surface area contributed by atoms with Crippen molar-refractivity contribution < 1.29 is 18.7 Å². The first-order valence-corrected chi connectivity index (χ1v) is 12.1. The largest absolute Gasteiger partial charge is 0.494 e. The summed E-state index contributed by atoms with van der Waals surface area (Å²) >= 11 is 4.24. The van der Waals surface area contributed by atoms with Crippen LogP contribution in [0.1, 0.15) is 18.1 Å². The lowest BCUT2D eigenvalue weighted by Crippen LogP contribution is -2.13. The second-order valence-corrected chi connectivity index (χ2v) is 9.10. The van der Waals surface area contributed by atoms with Crippen LogP contribution in [-0.2, 0) is 11.4 Å². The van der Waals surface area contributed by atoms with Gasteiger partial charge in [-0.1, -0.05) is 24.3 Å². The Hall–Kier alpha value is -2.65. The minimum atomic E-state index is -0.518. The highest BCUT2D eigenvalue weighted by Crippen LogP contribution is 2.31.